The summed E-state index contributed by atoms with van der Waals surface area (Å²) in [5, 5.41) is 0. The lowest BCUT2D eigenvalue weighted by atomic mass is 9.85. The molecule has 1 aliphatic carbocycles. The third-order valence-corrected chi connectivity index (χ3v) is 3.88. The molecule has 102 valence electrons. The van der Waals surface area contributed by atoms with E-state index in [2.05, 4.69) is 28.8 Å². The maximum atomic E-state index is 5.52. The van der Waals surface area contributed by atoms with E-state index in [1.807, 2.05) is 0 Å². The number of para-hydroxylation sites is 2. The van der Waals surface area contributed by atoms with Crippen LogP contribution in [0.4, 0.5) is 0 Å². The highest BCUT2D eigenvalue weighted by molar-refractivity contribution is 5.76. The Kier molecular flexibility index (Phi) is 3.80. The Hall–Kier alpha value is -1.39. The summed E-state index contributed by atoms with van der Waals surface area (Å²) < 4.78 is 7.85. The van der Waals surface area contributed by atoms with Crippen molar-refractivity contribution in [1.82, 2.24) is 9.55 Å². The van der Waals surface area contributed by atoms with Crippen LogP contribution in [-0.4, -0.2) is 29.3 Å². The van der Waals surface area contributed by atoms with Crippen LogP contribution in [0.2, 0.25) is 0 Å². The Morgan fingerprint density at radius 3 is 2.84 bits per heavy atom. The van der Waals surface area contributed by atoms with Crippen molar-refractivity contribution >= 4 is 11.0 Å². The third-order valence-electron chi connectivity index (χ3n) is 3.88. The van der Waals surface area contributed by atoms with Crippen molar-refractivity contribution < 1.29 is 4.74 Å². The van der Waals surface area contributed by atoms with E-state index in [-0.39, 0.29) is 0 Å². The number of aromatic nitrogens is 2. The summed E-state index contributed by atoms with van der Waals surface area (Å²) in [7, 11) is 0. The molecular weight excluding hydrogens is 238 g/mol. The summed E-state index contributed by atoms with van der Waals surface area (Å²) >= 11 is 0. The van der Waals surface area contributed by atoms with E-state index in [9.17, 15) is 0 Å². The van der Waals surface area contributed by atoms with Crippen molar-refractivity contribution in [2.75, 3.05) is 19.8 Å². The van der Waals surface area contributed by atoms with Gasteiger partial charge >= 0.3 is 0 Å². The van der Waals surface area contributed by atoms with E-state index in [1.54, 1.807) is 0 Å². The quantitative estimate of drug-likeness (QED) is 0.810. The van der Waals surface area contributed by atoms with Gasteiger partial charge in [0.25, 0.3) is 0 Å². The van der Waals surface area contributed by atoms with Crippen molar-refractivity contribution in [2.45, 2.75) is 31.7 Å². The highest BCUT2D eigenvalue weighted by Gasteiger charge is 2.25. The van der Waals surface area contributed by atoms with Crippen LogP contribution in [-0.2, 0) is 11.3 Å². The van der Waals surface area contributed by atoms with Crippen LogP contribution < -0.4 is 5.73 Å². The molecular formula is C15H21N3O. The smallest absolute Gasteiger partial charge is 0.113 e. The van der Waals surface area contributed by atoms with Gasteiger partial charge in [-0.2, -0.15) is 0 Å². The Morgan fingerprint density at radius 2 is 2.11 bits per heavy atom. The molecule has 1 saturated carbocycles. The van der Waals surface area contributed by atoms with Gasteiger partial charge in [0.05, 0.1) is 24.2 Å². The Balaban J connectivity index is 1.85. The molecule has 0 spiro atoms. The first-order chi connectivity index (χ1) is 9.40. The highest BCUT2D eigenvalue weighted by Crippen LogP contribution is 2.37. The number of rotatable bonds is 6. The SMILES string of the molecule is NCCOCCn1c(C2CCC2)nc2ccccc21. The molecule has 1 aromatic carbocycles. The summed E-state index contributed by atoms with van der Waals surface area (Å²) in [6.07, 6.45) is 3.87. The number of imidazole rings is 1. The molecule has 1 aromatic heterocycles. The number of nitrogens with zero attached hydrogens (tertiary/aromatic N) is 2. The van der Waals surface area contributed by atoms with Crippen LogP contribution in [0.25, 0.3) is 11.0 Å². The van der Waals surface area contributed by atoms with Gasteiger partial charge in [-0.15, -0.1) is 0 Å². The number of ether oxygens (including phenoxy) is 1. The number of hydrogen-bond acceptors (Lipinski definition) is 3. The second kappa shape index (κ2) is 5.72. The Bertz CT molecular complexity index is 545. The molecule has 3 rings (SSSR count). The van der Waals surface area contributed by atoms with Gasteiger partial charge in [-0.05, 0) is 25.0 Å². The predicted molar refractivity (Wildman–Crippen MR) is 76.2 cm³/mol. The normalized spacial score (nSPS) is 15.8. The average Bonchev–Trinajstić information content (AvgIpc) is 2.71. The minimum absolute atomic E-state index is 0.583. The third kappa shape index (κ3) is 2.51. The van der Waals surface area contributed by atoms with Gasteiger partial charge in [0, 0.05) is 19.0 Å². The molecule has 0 atom stereocenters. The summed E-state index contributed by atoms with van der Waals surface area (Å²) in [5.74, 6) is 1.88. The molecule has 4 nitrogen and oxygen atoms in total. The molecule has 1 aliphatic rings. The Morgan fingerprint density at radius 1 is 1.26 bits per heavy atom. The molecule has 0 saturated heterocycles. The fraction of sp³-hybridized carbons (Fsp3) is 0.533. The van der Waals surface area contributed by atoms with Gasteiger partial charge < -0.3 is 15.0 Å². The second-order valence-electron chi connectivity index (χ2n) is 5.14. The first-order valence-corrected chi connectivity index (χ1v) is 7.13. The zero-order valence-corrected chi connectivity index (χ0v) is 11.2. The fourth-order valence-corrected chi connectivity index (χ4v) is 2.65. The average molecular weight is 259 g/mol. The molecule has 19 heavy (non-hydrogen) atoms. The van der Waals surface area contributed by atoms with Crippen LogP contribution >= 0.6 is 0 Å². The number of nitrogens with two attached hydrogens (primary N) is 1. The van der Waals surface area contributed by atoms with Gasteiger partial charge in [-0.1, -0.05) is 18.6 Å². The van der Waals surface area contributed by atoms with Crippen LogP contribution in [0, 0.1) is 0 Å². The van der Waals surface area contributed by atoms with Crippen molar-refractivity contribution in [3.63, 3.8) is 0 Å². The van der Waals surface area contributed by atoms with E-state index in [1.165, 1.54) is 30.6 Å². The number of benzene rings is 1. The van der Waals surface area contributed by atoms with Gasteiger partial charge in [-0.25, -0.2) is 4.98 Å². The summed E-state index contributed by atoms with van der Waals surface area (Å²) in [6, 6.07) is 8.36. The Labute approximate surface area is 113 Å². The highest BCUT2D eigenvalue weighted by atomic mass is 16.5. The first kappa shape index (κ1) is 12.6. The molecule has 2 aromatic rings. The summed E-state index contributed by atoms with van der Waals surface area (Å²) in [5.41, 5.74) is 7.77. The topological polar surface area (TPSA) is 53.1 Å². The lowest BCUT2D eigenvalue weighted by Gasteiger charge is -2.25. The van der Waals surface area contributed by atoms with Gasteiger partial charge in [0.1, 0.15) is 5.82 Å². The van der Waals surface area contributed by atoms with E-state index in [0.717, 1.165) is 12.1 Å². The number of hydrogen-bond donors (Lipinski definition) is 1. The molecule has 0 unspecified atom stereocenters. The van der Waals surface area contributed by atoms with E-state index < -0.39 is 0 Å². The van der Waals surface area contributed by atoms with Gasteiger partial charge in [-0.3, -0.25) is 0 Å². The summed E-state index contributed by atoms with van der Waals surface area (Å²) in [6.45, 7) is 2.79. The van der Waals surface area contributed by atoms with Crippen molar-refractivity contribution in [1.29, 1.82) is 0 Å². The molecule has 0 amide bonds. The number of fused-ring (bicyclic) bond motifs is 1. The van der Waals surface area contributed by atoms with E-state index in [4.69, 9.17) is 15.5 Å². The lowest BCUT2D eigenvalue weighted by molar-refractivity contribution is 0.132. The largest absolute Gasteiger partial charge is 0.378 e. The molecule has 2 N–H and O–H groups in total. The molecule has 1 fully saturated rings. The predicted octanol–water partition coefficient (Wildman–Crippen LogP) is 2.28. The lowest BCUT2D eigenvalue weighted by Crippen LogP contribution is -2.18. The maximum absolute atomic E-state index is 5.52. The van der Waals surface area contributed by atoms with Crippen molar-refractivity contribution in [3.8, 4) is 0 Å². The van der Waals surface area contributed by atoms with Crippen LogP contribution in [0.1, 0.15) is 31.0 Å². The minimum atomic E-state index is 0.583. The van der Waals surface area contributed by atoms with Crippen molar-refractivity contribution in [3.05, 3.63) is 30.1 Å². The monoisotopic (exact) mass is 259 g/mol. The van der Waals surface area contributed by atoms with Gasteiger partial charge in [0.15, 0.2) is 0 Å². The minimum Gasteiger partial charge on any atom is -0.378 e. The van der Waals surface area contributed by atoms with Gasteiger partial charge in [0.2, 0.25) is 0 Å². The standard InChI is InChI=1S/C15H21N3O/c16-8-10-19-11-9-18-14-7-2-1-6-13(14)17-15(18)12-4-3-5-12/h1-2,6-7,12H,3-5,8-11,16H2. The molecule has 0 aliphatic heterocycles. The van der Waals surface area contributed by atoms with Crippen LogP contribution in [0.5, 0.6) is 0 Å². The zero-order valence-electron chi connectivity index (χ0n) is 11.2. The fourth-order valence-electron chi connectivity index (χ4n) is 2.65. The molecule has 0 bridgehead atoms. The second-order valence-corrected chi connectivity index (χ2v) is 5.14. The molecule has 0 radical (unpaired) electrons. The molecule has 1 heterocycles. The van der Waals surface area contributed by atoms with E-state index in [0.29, 0.717) is 25.7 Å². The van der Waals surface area contributed by atoms with Crippen molar-refractivity contribution in [2.24, 2.45) is 5.73 Å². The van der Waals surface area contributed by atoms with Crippen LogP contribution in [0.15, 0.2) is 24.3 Å². The zero-order chi connectivity index (χ0) is 13.1. The van der Waals surface area contributed by atoms with Crippen LogP contribution in [0.3, 0.4) is 0 Å². The maximum Gasteiger partial charge on any atom is 0.113 e. The molecule has 4 heteroatoms. The summed E-state index contributed by atoms with van der Waals surface area (Å²) in [4.78, 5) is 4.82. The first-order valence-electron chi connectivity index (χ1n) is 7.13. The van der Waals surface area contributed by atoms with E-state index >= 15 is 0 Å².